The number of benzene rings is 4. The van der Waals surface area contributed by atoms with Crippen LogP contribution in [0.15, 0.2) is 84.9 Å². The molecule has 37 heavy (non-hydrogen) atoms. The molecule has 1 aliphatic rings. The van der Waals surface area contributed by atoms with Gasteiger partial charge in [0.15, 0.2) is 6.10 Å². The summed E-state index contributed by atoms with van der Waals surface area (Å²) in [6, 6.07) is 20.6. The molecule has 1 aliphatic carbocycles. The molecule has 6 nitrogen and oxygen atoms in total. The molecule has 0 atom stereocenters. The number of nitro benzene ring substituents is 1. The van der Waals surface area contributed by atoms with E-state index >= 15 is 0 Å². The fourth-order valence-electron chi connectivity index (χ4n) is 4.20. The SMILES string of the molecule is O=C(OC1c2ccccc2-c2ccccc21)c1cc(Oc2ccc(C(F)(F)F)cc2Cl)ccc1[N+](=O)[O-]. The number of nitro groups is 1. The van der Waals surface area contributed by atoms with Crippen molar-refractivity contribution in [2.75, 3.05) is 0 Å². The predicted molar refractivity (Wildman–Crippen MR) is 129 cm³/mol. The average molecular weight is 526 g/mol. The molecule has 0 heterocycles. The molecule has 186 valence electrons. The molecule has 0 aromatic heterocycles. The van der Waals surface area contributed by atoms with E-state index in [1.54, 1.807) is 12.1 Å². The largest absolute Gasteiger partial charge is 0.456 e. The second kappa shape index (κ2) is 9.25. The molecule has 0 radical (unpaired) electrons. The van der Waals surface area contributed by atoms with Crippen molar-refractivity contribution in [3.8, 4) is 22.6 Å². The maximum absolute atomic E-state index is 13.2. The van der Waals surface area contributed by atoms with Crippen molar-refractivity contribution in [1.29, 1.82) is 0 Å². The first-order valence-corrected chi connectivity index (χ1v) is 11.2. The smallest absolute Gasteiger partial charge is 0.416 e. The lowest BCUT2D eigenvalue weighted by atomic mass is 10.1. The Bertz CT molecular complexity index is 1510. The summed E-state index contributed by atoms with van der Waals surface area (Å²) in [5.74, 6) is -1.14. The normalized spacial score (nSPS) is 12.5. The molecule has 4 aromatic carbocycles. The molecule has 5 rings (SSSR count). The van der Waals surface area contributed by atoms with Gasteiger partial charge in [0, 0.05) is 23.3 Å². The van der Waals surface area contributed by atoms with Crippen molar-refractivity contribution in [2.24, 2.45) is 0 Å². The Morgan fingerprint density at radius 1 is 0.892 bits per heavy atom. The summed E-state index contributed by atoms with van der Waals surface area (Å²) in [6.45, 7) is 0. The Labute approximate surface area is 213 Å². The topological polar surface area (TPSA) is 78.7 Å². The molecule has 0 bridgehead atoms. The maximum Gasteiger partial charge on any atom is 0.416 e. The third-order valence-electron chi connectivity index (χ3n) is 5.87. The first kappa shape index (κ1) is 24.3. The van der Waals surface area contributed by atoms with Gasteiger partial charge in [-0.2, -0.15) is 13.2 Å². The number of halogens is 4. The van der Waals surface area contributed by atoms with Crippen LogP contribution >= 0.6 is 11.6 Å². The van der Waals surface area contributed by atoms with Crippen molar-refractivity contribution in [3.63, 3.8) is 0 Å². The van der Waals surface area contributed by atoms with Crippen molar-refractivity contribution in [2.45, 2.75) is 12.3 Å². The van der Waals surface area contributed by atoms with Gasteiger partial charge in [-0.1, -0.05) is 60.1 Å². The maximum atomic E-state index is 13.2. The van der Waals surface area contributed by atoms with Gasteiger partial charge in [-0.25, -0.2) is 4.79 Å². The zero-order chi connectivity index (χ0) is 26.3. The Kier molecular flexibility index (Phi) is 6.08. The second-order valence-corrected chi connectivity index (χ2v) is 8.55. The molecular weight excluding hydrogens is 511 g/mol. The molecular formula is C27H15ClF3NO5. The zero-order valence-electron chi connectivity index (χ0n) is 18.7. The predicted octanol–water partition coefficient (Wildman–Crippen LogP) is 7.99. The van der Waals surface area contributed by atoms with Gasteiger partial charge in [-0.05, 0) is 35.4 Å². The average Bonchev–Trinajstić information content (AvgIpc) is 3.18. The summed E-state index contributed by atoms with van der Waals surface area (Å²) >= 11 is 5.95. The summed E-state index contributed by atoms with van der Waals surface area (Å²) in [5, 5.41) is 11.3. The zero-order valence-corrected chi connectivity index (χ0v) is 19.4. The van der Waals surface area contributed by atoms with E-state index in [0.717, 1.165) is 46.5 Å². The van der Waals surface area contributed by atoms with Crippen molar-refractivity contribution < 1.29 is 32.4 Å². The molecule has 0 amide bonds. The third kappa shape index (κ3) is 4.61. The van der Waals surface area contributed by atoms with Crippen LogP contribution in [0.1, 0.15) is 33.2 Å². The van der Waals surface area contributed by atoms with E-state index in [2.05, 4.69) is 0 Å². The highest BCUT2D eigenvalue weighted by atomic mass is 35.5. The minimum Gasteiger partial charge on any atom is -0.456 e. The van der Waals surface area contributed by atoms with E-state index < -0.39 is 34.4 Å². The number of nitrogens with zero attached hydrogens (tertiary/aromatic N) is 1. The summed E-state index contributed by atoms with van der Waals surface area (Å²) in [7, 11) is 0. The number of carbonyl (C=O) groups excluding carboxylic acids is 1. The van der Waals surface area contributed by atoms with Crippen LogP contribution in [-0.4, -0.2) is 10.9 Å². The molecule has 10 heteroatoms. The minimum absolute atomic E-state index is 0.0496. The lowest BCUT2D eigenvalue weighted by Crippen LogP contribution is -2.13. The van der Waals surface area contributed by atoms with Gasteiger partial charge >= 0.3 is 12.1 Å². The monoisotopic (exact) mass is 525 g/mol. The second-order valence-electron chi connectivity index (χ2n) is 8.14. The van der Waals surface area contributed by atoms with E-state index in [4.69, 9.17) is 21.1 Å². The summed E-state index contributed by atoms with van der Waals surface area (Å²) < 4.78 is 50.1. The number of alkyl halides is 3. The van der Waals surface area contributed by atoms with Gasteiger partial charge in [0.2, 0.25) is 0 Å². The number of hydrogen-bond acceptors (Lipinski definition) is 5. The van der Waals surface area contributed by atoms with Gasteiger partial charge in [0.05, 0.1) is 15.5 Å². The molecule has 0 unspecified atom stereocenters. The summed E-state index contributed by atoms with van der Waals surface area (Å²) in [5.41, 5.74) is 1.39. The Hall–Kier alpha value is -4.37. The highest BCUT2D eigenvalue weighted by molar-refractivity contribution is 6.32. The molecule has 0 saturated heterocycles. The number of hydrogen-bond donors (Lipinski definition) is 0. The minimum atomic E-state index is -4.59. The number of esters is 1. The van der Waals surface area contributed by atoms with Crippen LogP contribution in [0.2, 0.25) is 5.02 Å². The van der Waals surface area contributed by atoms with Crippen LogP contribution in [0.25, 0.3) is 11.1 Å². The van der Waals surface area contributed by atoms with E-state index in [9.17, 15) is 28.1 Å². The Balaban J connectivity index is 1.47. The molecule has 4 aromatic rings. The van der Waals surface area contributed by atoms with Crippen LogP contribution in [0, 0.1) is 10.1 Å². The Morgan fingerprint density at radius 3 is 2.08 bits per heavy atom. The van der Waals surface area contributed by atoms with E-state index in [1.807, 2.05) is 36.4 Å². The van der Waals surface area contributed by atoms with E-state index in [-0.39, 0.29) is 22.1 Å². The molecule has 0 spiro atoms. The van der Waals surface area contributed by atoms with E-state index in [1.165, 1.54) is 6.07 Å². The number of rotatable bonds is 5. The standard InChI is InChI=1S/C27H15ClF3NO5/c28-22-13-15(27(29,30)31)9-12-24(22)36-16-10-11-23(32(34)35)21(14-16)26(33)37-25-19-7-3-1-5-17(19)18-6-2-4-8-20(18)25/h1-14,25H. The highest BCUT2D eigenvalue weighted by Gasteiger charge is 2.34. The van der Waals surface area contributed by atoms with Gasteiger partial charge in [-0.3, -0.25) is 10.1 Å². The van der Waals surface area contributed by atoms with Crippen LogP contribution in [-0.2, 0) is 10.9 Å². The fourth-order valence-corrected chi connectivity index (χ4v) is 4.41. The fraction of sp³-hybridized carbons (Fsp3) is 0.0741. The van der Waals surface area contributed by atoms with Crippen molar-refractivity contribution in [3.05, 3.63) is 122 Å². The number of fused-ring (bicyclic) bond motifs is 3. The first-order chi connectivity index (χ1) is 17.6. The van der Waals surface area contributed by atoms with Crippen LogP contribution in [0.5, 0.6) is 11.5 Å². The number of ether oxygens (including phenoxy) is 2. The van der Waals surface area contributed by atoms with Crippen LogP contribution in [0.4, 0.5) is 18.9 Å². The molecule has 0 aliphatic heterocycles. The highest BCUT2D eigenvalue weighted by Crippen LogP contribution is 2.46. The van der Waals surface area contributed by atoms with Gasteiger partial charge in [0.1, 0.15) is 17.1 Å². The molecule has 0 fully saturated rings. The van der Waals surface area contributed by atoms with Crippen molar-refractivity contribution >= 4 is 23.3 Å². The van der Waals surface area contributed by atoms with Crippen molar-refractivity contribution in [1.82, 2.24) is 0 Å². The molecule has 0 N–H and O–H groups in total. The van der Waals surface area contributed by atoms with Crippen LogP contribution in [0.3, 0.4) is 0 Å². The first-order valence-electron chi connectivity index (χ1n) is 10.9. The number of carbonyl (C=O) groups is 1. The quantitative estimate of drug-likeness (QED) is 0.150. The van der Waals surface area contributed by atoms with Crippen LogP contribution < -0.4 is 4.74 Å². The lowest BCUT2D eigenvalue weighted by Gasteiger charge is -2.16. The summed E-state index contributed by atoms with van der Waals surface area (Å²) in [4.78, 5) is 24.1. The van der Waals surface area contributed by atoms with E-state index in [0.29, 0.717) is 6.07 Å². The summed E-state index contributed by atoms with van der Waals surface area (Å²) in [6.07, 6.45) is -5.38. The lowest BCUT2D eigenvalue weighted by molar-refractivity contribution is -0.385. The third-order valence-corrected chi connectivity index (χ3v) is 6.17. The van der Waals surface area contributed by atoms with Gasteiger partial charge in [0.25, 0.3) is 5.69 Å². The molecule has 0 saturated carbocycles. The van der Waals surface area contributed by atoms with Gasteiger partial charge < -0.3 is 9.47 Å². The Morgan fingerprint density at radius 2 is 1.51 bits per heavy atom. The van der Waals surface area contributed by atoms with Gasteiger partial charge in [-0.15, -0.1) is 0 Å².